The number of hydrogen-bond acceptors (Lipinski definition) is 3. The third-order valence-corrected chi connectivity index (χ3v) is 3.06. The van der Waals surface area contributed by atoms with E-state index in [-0.39, 0.29) is 22.9 Å². The smallest absolute Gasteiger partial charge is 0.257 e. The van der Waals surface area contributed by atoms with Gasteiger partial charge in [0.2, 0.25) is 0 Å². The SMILES string of the molecule is Cc1cc(=O)c(C(=O)NC(CN)C2CC2)c[nH]1. The number of H-pyrrole nitrogens is 1. The number of aromatic nitrogens is 1. The van der Waals surface area contributed by atoms with Crippen LogP contribution in [0.25, 0.3) is 0 Å². The molecule has 0 aliphatic heterocycles. The first-order valence-electron chi connectivity index (χ1n) is 5.82. The first kappa shape index (κ1) is 11.9. The van der Waals surface area contributed by atoms with E-state index in [2.05, 4.69) is 10.3 Å². The highest BCUT2D eigenvalue weighted by Gasteiger charge is 2.31. The highest BCUT2D eigenvalue weighted by Crippen LogP contribution is 2.32. The van der Waals surface area contributed by atoms with Gasteiger partial charge in [0.1, 0.15) is 5.56 Å². The fourth-order valence-electron chi connectivity index (χ4n) is 1.86. The van der Waals surface area contributed by atoms with E-state index < -0.39 is 0 Å². The average Bonchev–Trinajstić information content (AvgIpc) is 3.09. The molecule has 1 heterocycles. The second-order valence-electron chi connectivity index (χ2n) is 4.55. The van der Waals surface area contributed by atoms with Crippen molar-refractivity contribution >= 4 is 5.91 Å². The lowest BCUT2D eigenvalue weighted by Gasteiger charge is -2.15. The Labute approximate surface area is 99.4 Å². The maximum Gasteiger partial charge on any atom is 0.257 e. The van der Waals surface area contributed by atoms with E-state index in [9.17, 15) is 9.59 Å². The third kappa shape index (κ3) is 2.74. The van der Waals surface area contributed by atoms with Crippen molar-refractivity contribution in [2.24, 2.45) is 11.7 Å². The Bertz CT molecular complexity index is 477. The van der Waals surface area contributed by atoms with Gasteiger partial charge in [-0.2, -0.15) is 0 Å². The summed E-state index contributed by atoms with van der Waals surface area (Å²) in [6, 6.07) is 1.41. The fraction of sp³-hybridized carbons (Fsp3) is 0.500. The van der Waals surface area contributed by atoms with Crippen molar-refractivity contribution in [1.82, 2.24) is 10.3 Å². The van der Waals surface area contributed by atoms with Gasteiger partial charge in [0.15, 0.2) is 5.43 Å². The van der Waals surface area contributed by atoms with Gasteiger partial charge in [0.25, 0.3) is 5.91 Å². The number of amides is 1. The first-order valence-corrected chi connectivity index (χ1v) is 5.82. The molecule has 1 aliphatic carbocycles. The van der Waals surface area contributed by atoms with Gasteiger partial charge >= 0.3 is 0 Å². The molecule has 0 aromatic carbocycles. The van der Waals surface area contributed by atoms with Crippen LogP contribution in [0.15, 0.2) is 17.1 Å². The Morgan fingerprint density at radius 1 is 1.65 bits per heavy atom. The van der Waals surface area contributed by atoms with E-state index in [1.165, 1.54) is 12.3 Å². The lowest BCUT2D eigenvalue weighted by atomic mass is 10.1. The molecule has 1 fully saturated rings. The van der Waals surface area contributed by atoms with Crippen molar-refractivity contribution < 1.29 is 4.79 Å². The van der Waals surface area contributed by atoms with Crippen molar-refractivity contribution in [2.75, 3.05) is 6.54 Å². The molecule has 0 saturated heterocycles. The normalized spacial score (nSPS) is 16.6. The molecule has 92 valence electrons. The minimum absolute atomic E-state index is 0.0109. The van der Waals surface area contributed by atoms with E-state index in [1.807, 2.05) is 0 Å². The van der Waals surface area contributed by atoms with Crippen molar-refractivity contribution in [1.29, 1.82) is 0 Å². The molecule has 5 nitrogen and oxygen atoms in total. The van der Waals surface area contributed by atoms with E-state index in [0.29, 0.717) is 12.5 Å². The second kappa shape index (κ2) is 4.71. The van der Waals surface area contributed by atoms with E-state index in [4.69, 9.17) is 5.73 Å². The third-order valence-electron chi connectivity index (χ3n) is 3.06. The Morgan fingerprint density at radius 3 is 2.88 bits per heavy atom. The monoisotopic (exact) mass is 235 g/mol. The molecule has 17 heavy (non-hydrogen) atoms. The van der Waals surface area contributed by atoms with Gasteiger partial charge in [-0.05, 0) is 25.7 Å². The molecule has 1 aromatic heterocycles. The number of hydrogen-bond donors (Lipinski definition) is 3. The summed E-state index contributed by atoms with van der Waals surface area (Å²) in [6.45, 7) is 2.19. The Hall–Kier alpha value is -1.62. The zero-order chi connectivity index (χ0) is 12.4. The summed E-state index contributed by atoms with van der Waals surface area (Å²) >= 11 is 0. The molecule has 0 radical (unpaired) electrons. The number of carbonyl (C=O) groups is 1. The molecule has 1 amide bonds. The van der Waals surface area contributed by atoms with Crippen LogP contribution in [0.4, 0.5) is 0 Å². The molecule has 1 aromatic rings. The van der Waals surface area contributed by atoms with E-state index in [1.54, 1.807) is 6.92 Å². The van der Waals surface area contributed by atoms with Gasteiger partial charge in [-0.25, -0.2) is 0 Å². The van der Waals surface area contributed by atoms with Crippen molar-refractivity contribution in [2.45, 2.75) is 25.8 Å². The predicted octanol–water partition coefficient (Wildman–Crippen LogP) is 0.150. The standard InChI is InChI=1S/C12H17N3O2/c1-7-4-11(16)9(6-14-7)12(17)15-10(5-13)8-2-3-8/h4,6,8,10H,2-3,5,13H2,1H3,(H,14,16)(H,15,17). The summed E-state index contributed by atoms with van der Waals surface area (Å²) in [7, 11) is 0. The van der Waals surface area contributed by atoms with Gasteiger partial charge in [0.05, 0.1) is 0 Å². The van der Waals surface area contributed by atoms with Crippen LogP contribution in [-0.4, -0.2) is 23.5 Å². The number of nitrogens with two attached hydrogens (primary N) is 1. The van der Waals surface area contributed by atoms with Crippen LogP contribution in [-0.2, 0) is 0 Å². The Balaban J connectivity index is 2.11. The van der Waals surface area contributed by atoms with Gasteiger partial charge < -0.3 is 16.0 Å². The van der Waals surface area contributed by atoms with E-state index >= 15 is 0 Å². The number of carbonyl (C=O) groups excluding carboxylic acids is 1. The zero-order valence-corrected chi connectivity index (χ0v) is 9.82. The largest absolute Gasteiger partial charge is 0.364 e. The van der Waals surface area contributed by atoms with Gasteiger partial charge in [-0.1, -0.05) is 0 Å². The second-order valence-corrected chi connectivity index (χ2v) is 4.55. The molecule has 0 spiro atoms. The number of aryl methyl sites for hydroxylation is 1. The van der Waals surface area contributed by atoms with Crippen molar-refractivity contribution in [3.63, 3.8) is 0 Å². The van der Waals surface area contributed by atoms with Crippen LogP contribution in [0.5, 0.6) is 0 Å². The molecular formula is C12H17N3O2. The highest BCUT2D eigenvalue weighted by atomic mass is 16.2. The number of nitrogens with one attached hydrogen (secondary N) is 2. The summed E-state index contributed by atoms with van der Waals surface area (Å²) < 4.78 is 0. The number of pyridine rings is 1. The Morgan fingerprint density at radius 2 is 2.35 bits per heavy atom. The first-order chi connectivity index (χ1) is 8.11. The summed E-state index contributed by atoms with van der Waals surface area (Å²) in [5.41, 5.74) is 6.23. The van der Waals surface area contributed by atoms with Crippen molar-refractivity contribution in [3.05, 3.63) is 33.7 Å². The number of aromatic amines is 1. The number of rotatable bonds is 4. The highest BCUT2D eigenvalue weighted by molar-refractivity contribution is 5.94. The lowest BCUT2D eigenvalue weighted by molar-refractivity contribution is 0.0932. The molecule has 1 atom stereocenters. The summed E-state index contributed by atoms with van der Waals surface area (Å²) in [4.78, 5) is 26.4. The molecule has 5 heteroatoms. The maximum atomic E-state index is 11.9. The average molecular weight is 235 g/mol. The van der Waals surface area contributed by atoms with Gasteiger partial charge in [-0.15, -0.1) is 0 Å². The molecule has 1 unspecified atom stereocenters. The topological polar surface area (TPSA) is 88.0 Å². The predicted molar refractivity (Wildman–Crippen MR) is 64.8 cm³/mol. The van der Waals surface area contributed by atoms with Crippen LogP contribution in [0.2, 0.25) is 0 Å². The fourth-order valence-corrected chi connectivity index (χ4v) is 1.86. The molecule has 4 N–H and O–H groups in total. The molecule has 2 rings (SSSR count). The van der Waals surface area contributed by atoms with Gasteiger partial charge in [0, 0.05) is 30.5 Å². The van der Waals surface area contributed by atoms with Crippen LogP contribution in [0.1, 0.15) is 28.9 Å². The van der Waals surface area contributed by atoms with Crippen LogP contribution >= 0.6 is 0 Å². The van der Waals surface area contributed by atoms with Crippen LogP contribution in [0.3, 0.4) is 0 Å². The van der Waals surface area contributed by atoms with Crippen LogP contribution in [0, 0.1) is 12.8 Å². The Kier molecular flexibility index (Phi) is 3.28. The van der Waals surface area contributed by atoms with Crippen molar-refractivity contribution in [3.8, 4) is 0 Å². The zero-order valence-electron chi connectivity index (χ0n) is 9.82. The molecule has 0 bridgehead atoms. The minimum atomic E-state index is -0.339. The summed E-state index contributed by atoms with van der Waals surface area (Å²) in [5, 5.41) is 2.82. The molecule has 1 aliphatic rings. The summed E-state index contributed by atoms with van der Waals surface area (Å²) in [6.07, 6.45) is 3.66. The lowest BCUT2D eigenvalue weighted by Crippen LogP contribution is -2.43. The van der Waals surface area contributed by atoms with Gasteiger partial charge in [-0.3, -0.25) is 9.59 Å². The molecular weight excluding hydrogens is 218 g/mol. The quantitative estimate of drug-likeness (QED) is 0.694. The van der Waals surface area contributed by atoms with Crippen LogP contribution < -0.4 is 16.5 Å². The molecule has 1 saturated carbocycles. The maximum absolute atomic E-state index is 11.9. The summed E-state index contributed by atoms with van der Waals surface area (Å²) in [5.74, 6) is 0.141. The minimum Gasteiger partial charge on any atom is -0.364 e. The van der Waals surface area contributed by atoms with E-state index in [0.717, 1.165) is 18.5 Å².